The summed E-state index contributed by atoms with van der Waals surface area (Å²) in [5.74, 6) is 0.163. The molecule has 0 saturated carbocycles. The van der Waals surface area contributed by atoms with Gasteiger partial charge in [0.15, 0.2) is 0 Å². The molecule has 6 heteroatoms. The van der Waals surface area contributed by atoms with E-state index in [2.05, 4.69) is 9.97 Å². The summed E-state index contributed by atoms with van der Waals surface area (Å²) in [6, 6.07) is 3.29. The predicted molar refractivity (Wildman–Crippen MR) is 63.0 cm³/mol. The first kappa shape index (κ1) is 10.6. The molecule has 2 aromatic heterocycles. The van der Waals surface area contributed by atoms with E-state index in [1.807, 2.05) is 0 Å². The van der Waals surface area contributed by atoms with Crippen LogP contribution in [0.5, 0.6) is 0 Å². The summed E-state index contributed by atoms with van der Waals surface area (Å²) < 4.78 is 7.09. The highest BCUT2D eigenvalue weighted by molar-refractivity contribution is 6.26. The Bertz CT molecular complexity index is 733. The number of imidazole rings is 1. The van der Waals surface area contributed by atoms with E-state index in [0.29, 0.717) is 36.8 Å². The van der Waals surface area contributed by atoms with Gasteiger partial charge >= 0.3 is 0 Å². The Morgan fingerprint density at radius 3 is 3.00 bits per heavy atom. The van der Waals surface area contributed by atoms with Gasteiger partial charge in [-0.05, 0) is 12.1 Å². The van der Waals surface area contributed by atoms with Gasteiger partial charge in [0, 0.05) is 12.7 Å². The van der Waals surface area contributed by atoms with Crippen LogP contribution in [0.15, 0.2) is 18.3 Å². The number of ether oxygens (including phenoxy) is 1. The van der Waals surface area contributed by atoms with Gasteiger partial charge in [0.25, 0.3) is 0 Å². The molecule has 0 amide bonds. The van der Waals surface area contributed by atoms with E-state index in [-0.39, 0.29) is 23.0 Å². The molecular formula is C13H9N3O3. The molecule has 0 aromatic carbocycles. The van der Waals surface area contributed by atoms with E-state index in [1.54, 1.807) is 16.7 Å². The molecule has 6 nitrogen and oxygen atoms in total. The van der Waals surface area contributed by atoms with Crippen LogP contribution in [-0.4, -0.2) is 32.7 Å². The zero-order valence-corrected chi connectivity index (χ0v) is 9.92. The molecular weight excluding hydrogens is 246 g/mol. The molecule has 94 valence electrons. The van der Waals surface area contributed by atoms with Crippen molar-refractivity contribution in [1.82, 2.24) is 14.5 Å². The number of nitrogens with zero attached hydrogens (tertiary/aromatic N) is 3. The fraction of sp³-hybridized carbons (Fsp3) is 0.231. The number of pyridine rings is 1. The lowest BCUT2D eigenvalue weighted by Gasteiger charge is -2.18. The van der Waals surface area contributed by atoms with Gasteiger partial charge in [-0.1, -0.05) is 0 Å². The summed E-state index contributed by atoms with van der Waals surface area (Å²) in [6.07, 6.45) is 1.51. The van der Waals surface area contributed by atoms with Gasteiger partial charge in [0.1, 0.15) is 29.5 Å². The highest BCUT2D eigenvalue weighted by atomic mass is 16.5. The number of carbonyl (C=O) groups excluding carboxylic acids is 2. The summed E-state index contributed by atoms with van der Waals surface area (Å²) in [7, 11) is 0. The van der Waals surface area contributed by atoms with Crippen molar-refractivity contribution in [3.05, 3.63) is 46.8 Å². The zero-order chi connectivity index (χ0) is 13.0. The molecule has 0 spiro atoms. The standard InChI is InChI=1S/C13H9N3O3/c17-12-7-2-1-3-14-9(7)13(18)10-11(12)16-4-5-19-6-8(16)15-10/h1-3H,4-6H2. The molecule has 4 rings (SSSR count). The van der Waals surface area contributed by atoms with Gasteiger partial charge in [0.05, 0.1) is 12.2 Å². The number of fused-ring (bicyclic) bond motifs is 4. The number of aromatic nitrogens is 3. The Labute approximate surface area is 108 Å². The smallest absolute Gasteiger partial charge is 0.232 e. The van der Waals surface area contributed by atoms with Crippen molar-refractivity contribution in [3.63, 3.8) is 0 Å². The SMILES string of the molecule is O=C1c2ncccc2C(=O)c2c1nc1n2CCOC1. The lowest BCUT2D eigenvalue weighted by atomic mass is 9.94. The van der Waals surface area contributed by atoms with Crippen molar-refractivity contribution in [3.8, 4) is 0 Å². The zero-order valence-electron chi connectivity index (χ0n) is 9.92. The first-order valence-corrected chi connectivity index (χ1v) is 5.99. The van der Waals surface area contributed by atoms with Gasteiger partial charge in [-0.15, -0.1) is 0 Å². The normalized spacial score (nSPS) is 16.8. The number of hydrogen-bond donors (Lipinski definition) is 0. The van der Waals surface area contributed by atoms with Crippen LogP contribution in [0.4, 0.5) is 0 Å². The molecule has 0 N–H and O–H groups in total. The molecule has 0 atom stereocenters. The second kappa shape index (κ2) is 3.58. The van der Waals surface area contributed by atoms with Crippen LogP contribution < -0.4 is 0 Å². The Morgan fingerprint density at radius 2 is 2.11 bits per heavy atom. The maximum absolute atomic E-state index is 12.5. The first-order chi connectivity index (χ1) is 9.27. The van der Waals surface area contributed by atoms with Crippen LogP contribution in [0.25, 0.3) is 0 Å². The molecule has 0 unspecified atom stereocenters. The maximum atomic E-state index is 12.5. The van der Waals surface area contributed by atoms with Crippen molar-refractivity contribution in [2.24, 2.45) is 0 Å². The van der Waals surface area contributed by atoms with Crippen molar-refractivity contribution in [2.45, 2.75) is 13.2 Å². The largest absolute Gasteiger partial charge is 0.372 e. The van der Waals surface area contributed by atoms with E-state index >= 15 is 0 Å². The van der Waals surface area contributed by atoms with Crippen LogP contribution in [-0.2, 0) is 17.9 Å². The summed E-state index contributed by atoms with van der Waals surface area (Å²) in [5.41, 5.74) is 1.13. The fourth-order valence-electron chi connectivity index (χ4n) is 2.57. The Morgan fingerprint density at radius 1 is 1.21 bits per heavy atom. The monoisotopic (exact) mass is 255 g/mol. The molecule has 1 aliphatic heterocycles. The second-order valence-corrected chi connectivity index (χ2v) is 4.49. The lowest BCUT2D eigenvalue weighted by molar-refractivity contribution is 0.0792. The first-order valence-electron chi connectivity index (χ1n) is 5.99. The minimum Gasteiger partial charge on any atom is -0.372 e. The van der Waals surface area contributed by atoms with E-state index < -0.39 is 0 Å². The van der Waals surface area contributed by atoms with Crippen LogP contribution in [0.1, 0.15) is 38.1 Å². The Hall–Kier alpha value is -2.34. The van der Waals surface area contributed by atoms with Crippen LogP contribution in [0, 0.1) is 0 Å². The minimum atomic E-state index is -0.285. The fourth-order valence-corrected chi connectivity index (χ4v) is 2.57. The molecule has 0 saturated heterocycles. The highest BCUT2D eigenvalue weighted by Crippen LogP contribution is 2.27. The van der Waals surface area contributed by atoms with Gasteiger partial charge in [0.2, 0.25) is 11.6 Å². The third kappa shape index (κ3) is 1.29. The molecule has 1 aliphatic carbocycles. The molecule has 2 aliphatic rings. The van der Waals surface area contributed by atoms with E-state index in [1.165, 1.54) is 6.20 Å². The highest BCUT2D eigenvalue weighted by Gasteiger charge is 2.37. The van der Waals surface area contributed by atoms with Gasteiger partial charge < -0.3 is 9.30 Å². The number of rotatable bonds is 0. The molecule has 19 heavy (non-hydrogen) atoms. The number of carbonyl (C=O) groups is 2. The van der Waals surface area contributed by atoms with Crippen molar-refractivity contribution in [2.75, 3.05) is 6.61 Å². The average Bonchev–Trinajstić information content (AvgIpc) is 2.84. The summed E-state index contributed by atoms with van der Waals surface area (Å²) >= 11 is 0. The van der Waals surface area contributed by atoms with Gasteiger partial charge in [-0.3, -0.25) is 14.6 Å². The molecule has 0 bridgehead atoms. The molecule has 2 aromatic rings. The van der Waals surface area contributed by atoms with Crippen molar-refractivity contribution >= 4 is 11.6 Å². The summed E-state index contributed by atoms with van der Waals surface area (Å²) in [5, 5.41) is 0. The Balaban J connectivity index is 2.01. The molecule has 0 radical (unpaired) electrons. The van der Waals surface area contributed by atoms with E-state index in [4.69, 9.17) is 4.74 Å². The van der Waals surface area contributed by atoms with Gasteiger partial charge in [-0.25, -0.2) is 4.98 Å². The topological polar surface area (TPSA) is 74.1 Å². The summed E-state index contributed by atoms with van der Waals surface area (Å²) in [4.78, 5) is 33.1. The Kier molecular flexibility index (Phi) is 1.99. The van der Waals surface area contributed by atoms with E-state index in [0.717, 1.165) is 0 Å². The van der Waals surface area contributed by atoms with Gasteiger partial charge in [-0.2, -0.15) is 0 Å². The van der Waals surface area contributed by atoms with Crippen molar-refractivity contribution in [1.29, 1.82) is 0 Å². The third-order valence-corrected chi connectivity index (χ3v) is 3.43. The minimum absolute atomic E-state index is 0.182. The average molecular weight is 255 g/mol. The van der Waals surface area contributed by atoms with Crippen LogP contribution >= 0.6 is 0 Å². The number of ketones is 2. The number of hydrogen-bond acceptors (Lipinski definition) is 5. The second-order valence-electron chi connectivity index (χ2n) is 4.49. The maximum Gasteiger partial charge on any atom is 0.232 e. The van der Waals surface area contributed by atoms with Crippen molar-refractivity contribution < 1.29 is 14.3 Å². The van der Waals surface area contributed by atoms with E-state index in [9.17, 15) is 9.59 Å². The predicted octanol–water partition coefficient (Wildman–Crippen LogP) is 0.584. The quantitative estimate of drug-likeness (QED) is 0.587. The summed E-state index contributed by atoms with van der Waals surface area (Å²) in [6.45, 7) is 1.40. The lowest BCUT2D eigenvalue weighted by Crippen LogP contribution is -2.26. The van der Waals surface area contributed by atoms with Crippen LogP contribution in [0.3, 0.4) is 0 Å². The molecule has 0 fully saturated rings. The molecule has 3 heterocycles. The van der Waals surface area contributed by atoms with Crippen LogP contribution in [0.2, 0.25) is 0 Å². The third-order valence-electron chi connectivity index (χ3n) is 3.43.